The second-order valence-electron chi connectivity index (χ2n) is 3.35. The third-order valence-electron chi connectivity index (χ3n) is 2.17. The number of hydrogen-bond acceptors (Lipinski definition) is 3. The van der Waals surface area contributed by atoms with E-state index < -0.39 is 6.10 Å². The lowest BCUT2D eigenvalue weighted by molar-refractivity contribution is 0.143. The Balaban J connectivity index is 3.69. The predicted octanol–water partition coefficient (Wildman–Crippen LogP) is 2.54. The highest BCUT2D eigenvalue weighted by Crippen LogP contribution is 2.10. The highest BCUT2D eigenvalue weighted by atomic mass is 32.1. The number of thiocarbonyl (C=S) groups is 1. The monoisotopic (exact) mass is 204 g/mol. The predicted molar refractivity (Wildman–Crippen MR) is 58.9 cm³/mol. The first-order valence-electron chi connectivity index (χ1n) is 4.98. The van der Waals surface area contributed by atoms with Crippen LogP contribution >= 0.6 is 12.2 Å². The SMILES string of the molecule is CCCCOC(=S)[C@@H](O)[C@@H](C)CC. The Kier molecular flexibility index (Phi) is 7.19. The fourth-order valence-electron chi connectivity index (χ4n) is 0.858. The van der Waals surface area contributed by atoms with Crippen LogP contribution in [0.15, 0.2) is 0 Å². The molecule has 0 saturated carbocycles. The Bertz CT molecular complexity index is 148. The molecular formula is C10H20O2S. The van der Waals surface area contributed by atoms with E-state index in [1.165, 1.54) is 0 Å². The van der Waals surface area contributed by atoms with Crippen molar-refractivity contribution in [1.82, 2.24) is 0 Å². The molecule has 0 saturated heterocycles. The summed E-state index contributed by atoms with van der Waals surface area (Å²) in [4.78, 5) is 0. The van der Waals surface area contributed by atoms with E-state index in [0.717, 1.165) is 19.3 Å². The van der Waals surface area contributed by atoms with Crippen molar-refractivity contribution in [2.75, 3.05) is 6.61 Å². The first-order chi connectivity index (χ1) is 6.13. The smallest absolute Gasteiger partial charge is 0.188 e. The van der Waals surface area contributed by atoms with Crippen LogP contribution < -0.4 is 0 Å². The van der Waals surface area contributed by atoms with Crippen molar-refractivity contribution in [3.63, 3.8) is 0 Å². The van der Waals surface area contributed by atoms with Crippen molar-refractivity contribution in [3.05, 3.63) is 0 Å². The Labute approximate surface area is 86.3 Å². The van der Waals surface area contributed by atoms with Crippen molar-refractivity contribution in [3.8, 4) is 0 Å². The summed E-state index contributed by atoms with van der Waals surface area (Å²) in [5.41, 5.74) is 0. The van der Waals surface area contributed by atoms with Gasteiger partial charge in [0.1, 0.15) is 6.10 Å². The summed E-state index contributed by atoms with van der Waals surface area (Å²) in [5, 5.41) is 9.97. The van der Waals surface area contributed by atoms with Gasteiger partial charge in [-0.25, -0.2) is 0 Å². The van der Waals surface area contributed by atoms with E-state index >= 15 is 0 Å². The molecule has 0 aliphatic carbocycles. The van der Waals surface area contributed by atoms with Crippen molar-refractivity contribution >= 4 is 17.3 Å². The van der Waals surface area contributed by atoms with Crippen LogP contribution in [0.25, 0.3) is 0 Å². The normalized spacial score (nSPS) is 15.1. The lowest BCUT2D eigenvalue weighted by Crippen LogP contribution is -2.28. The molecule has 0 unspecified atom stereocenters. The molecule has 13 heavy (non-hydrogen) atoms. The summed E-state index contributed by atoms with van der Waals surface area (Å²) in [6.45, 7) is 6.73. The van der Waals surface area contributed by atoms with Crippen LogP contribution in [0.4, 0.5) is 0 Å². The molecule has 0 aromatic carbocycles. The van der Waals surface area contributed by atoms with Crippen molar-refractivity contribution in [1.29, 1.82) is 0 Å². The van der Waals surface area contributed by atoms with Gasteiger partial charge in [0.25, 0.3) is 0 Å². The molecular weight excluding hydrogens is 184 g/mol. The third-order valence-corrected chi connectivity index (χ3v) is 2.53. The van der Waals surface area contributed by atoms with Gasteiger partial charge in [-0.1, -0.05) is 33.6 Å². The first-order valence-corrected chi connectivity index (χ1v) is 5.39. The van der Waals surface area contributed by atoms with E-state index in [2.05, 4.69) is 6.92 Å². The molecule has 1 N–H and O–H groups in total. The first kappa shape index (κ1) is 12.8. The van der Waals surface area contributed by atoms with Crippen LogP contribution in [0.3, 0.4) is 0 Å². The van der Waals surface area contributed by atoms with E-state index in [0.29, 0.717) is 11.7 Å². The highest BCUT2D eigenvalue weighted by molar-refractivity contribution is 7.80. The zero-order valence-corrected chi connectivity index (χ0v) is 9.56. The van der Waals surface area contributed by atoms with E-state index in [9.17, 15) is 5.11 Å². The molecule has 2 atom stereocenters. The summed E-state index contributed by atoms with van der Waals surface area (Å²) in [5.74, 6) is 0.189. The molecule has 0 heterocycles. The van der Waals surface area contributed by atoms with Gasteiger partial charge in [0.2, 0.25) is 0 Å². The van der Waals surface area contributed by atoms with Gasteiger partial charge in [-0.05, 0) is 24.6 Å². The van der Waals surface area contributed by atoms with E-state index in [-0.39, 0.29) is 5.92 Å². The standard InChI is InChI=1S/C10H20O2S/c1-4-6-7-12-10(13)9(11)8(3)5-2/h8-9,11H,4-7H2,1-3H3/t8-,9-/m0/s1. The number of aliphatic hydroxyl groups is 1. The maximum atomic E-state index is 9.62. The van der Waals surface area contributed by atoms with Crippen LogP contribution in [0, 0.1) is 5.92 Å². The molecule has 0 amide bonds. The maximum absolute atomic E-state index is 9.62. The van der Waals surface area contributed by atoms with Gasteiger partial charge in [0.05, 0.1) is 6.61 Å². The van der Waals surface area contributed by atoms with Crippen molar-refractivity contribution < 1.29 is 9.84 Å². The van der Waals surface area contributed by atoms with E-state index in [1.54, 1.807) is 0 Å². The van der Waals surface area contributed by atoms with Crippen LogP contribution in [-0.4, -0.2) is 22.9 Å². The zero-order chi connectivity index (χ0) is 10.3. The Morgan fingerprint density at radius 1 is 1.46 bits per heavy atom. The van der Waals surface area contributed by atoms with Crippen LogP contribution in [0.5, 0.6) is 0 Å². The molecule has 0 bridgehead atoms. The van der Waals surface area contributed by atoms with Gasteiger partial charge in [-0.15, -0.1) is 0 Å². The summed E-state index contributed by atoms with van der Waals surface area (Å²) in [7, 11) is 0. The number of rotatable bonds is 6. The minimum atomic E-state index is -0.586. The zero-order valence-electron chi connectivity index (χ0n) is 8.75. The van der Waals surface area contributed by atoms with Crippen LogP contribution in [0.2, 0.25) is 0 Å². The molecule has 2 nitrogen and oxygen atoms in total. The summed E-state index contributed by atoms with van der Waals surface area (Å²) < 4.78 is 5.25. The Morgan fingerprint density at radius 2 is 2.08 bits per heavy atom. The molecule has 0 aromatic rings. The average molecular weight is 204 g/mol. The van der Waals surface area contributed by atoms with E-state index in [4.69, 9.17) is 17.0 Å². The number of unbranched alkanes of at least 4 members (excludes halogenated alkanes) is 1. The minimum Gasteiger partial charge on any atom is -0.484 e. The molecule has 78 valence electrons. The molecule has 0 spiro atoms. The molecule has 0 aromatic heterocycles. The van der Waals surface area contributed by atoms with Crippen molar-refractivity contribution in [2.45, 2.75) is 46.1 Å². The Hall–Kier alpha value is -0.150. The van der Waals surface area contributed by atoms with Crippen LogP contribution in [0.1, 0.15) is 40.0 Å². The quantitative estimate of drug-likeness (QED) is 0.532. The van der Waals surface area contributed by atoms with Gasteiger partial charge in [-0.3, -0.25) is 0 Å². The second-order valence-corrected chi connectivity index (χ2v) is 3.75. The third kappa shape index (κ3) is 5.21. The molecule has 3 heteroatoms. The largest absolute Gasteiger partial charge is 0.484 e. The number of hydrogen-bond donors (Lipinski definition) is 1. The van der Waals surface area contributed by atoms with Gasteiger partial charge in [0.15, 0.2) is 5.05 Å². The second kappa shape index (κ2) is 7.27. The molecule has 0 fully saturated rings. The maximum Gasteiger partial charge on any atom is 0.188 e. The molecule has 0 aliphatic heterocycles. The number of ether oxygens (including phenoxy) is 1. The van der Waals surface area contributed by atoms with E-state index in [1.807, 2.05) is 13.8 Å². The fraction of sp³-hybridized carbons (Fsp3) is 0.900. The fourth-order valence-corrected chi connectivity index (χ4v) is 1.17. The van der Waals surface area contributed by atoms with Gasteiger partial charge >= 0.3 is 0 Å². The van der Waals surface area contributed by atoms with Gasteiger partial charge in [-0.2, -0.15) is 0 Å². The summed E-state index contributed by atoms with van der Waals surface area (Å²) in [6, 6.07) is 0. The summed E-state index contributed by atoms with van der Waals surface area (Å²) in [6.07, 6.45) is 2.41. The number of aliphatic hydroxyl groups excluding tert-OH is 1. The Morgan fingerprint density at radius 3 is 2.54 bits per heavy atom. The average Bonchev–Trinajstić information content (AvgIpc) is 2.15. The van der Waals surface area contributed by atoms with Gasteiger partial charge in [0, 0.05) is 0 Å². The molecule has 0 radical (unpaired) electrons. The highest BCUT2D eigenvalue weighted by Gasteiger charge is 2.18. The molecule has 0 rings (SSSR count). The minimum absolute atomic E-state index is 0.189. The van der Waals surface area contributed by atoms with Crippen molar-refractivity contribution in [2.24, 2.45) is 5.92 Å². The molecule has 0 aliphatic rings. The topological polar surface area (TPSA) is 29.5 Å². The van der Waals surface area contributed by atoms with Gasteiger partial charge < -0.3 is 9.84 Å². The lowest BCUT2D eigenvalue weighted by Gasteiger charge is -2.18. The lowest BCUT2D eigenvalue weighted by atomic mass is 10.0. The summed E-state index contributed by atoms with van der Waals surface area (Å²) >= 11 is 4.96. The van der Waals surface area contributed by atoms with Crippen LogP contribution in [-0.2, 0) is 4.74 Å².